The monoisotopic (exact) mass is 397 g/mol. The van der Waals surface area contributed by atoms with Crippen molar-refractivity contribution >= 4 is 17.4 Å². The average molecular weight is 398 g/mol. The number of hydrogen-bond acceptors (Lipinski definition) is 5. The van der Waals surface area contributed by atoms with Gasteiger partial charge in [-0.25, -0.2) is 4.98 Å². The fourth-order valence-corrected chi connectivity index (χ4v) is 3.44. The van der Waals surface area contributed by atoms with Crippen molar-refractivity contribution in [3.05, 3.63) is 53.7 Å². The van der Waals surface area contributed by atoms with Gasteiger partial charge in [-0.15, -0.1) is 0 Å². The summed E-state index contributed by atoms with van der Waals surface area (Å²) < 4.78 is 7.43. The molecule has 0 aliphatic carbocycles. The van der Waals surface area contributed by atoms with E-state index in [1.54, 1.807) is 18.2 Å². The largest absolute Gasteiger partial charge is 0.467 e. The van der Waals surface area contributed by atoms with E-state index in [1.807, 2.05) is 30.5 Å². The molecular formula is C22H31N5O2. The molecule has 3 heterocycles. The fraction of sp³-hybridized carbons (Fsp3) is 0.455. The topological polar surface area (TPSA) is 57.2 Å². The Morgan fingerprint density at radius 1 is 1.14 bits per heavy atom. The minimum Gasteiger partial charge on any atom is -0.467 e. The van der Waals surface area contributed by atoms with Gasteiger partial charge in [0.2, 0.25) is 0 Å². The van der Waals surface area contributed by atoms with E-state index >= 15 is 0 Å². The highest BCUT2D eigenvalue weighted by Gasteiger charge is 2.19. The Labute approximate surface area is 172 Å². The van der Waals surface area contributed by atoms with Gasteiger partial charge in [-0.05, 0) is 51.7 Å². The third-order valence-corrected chi connectivity index (χ3v) is 5.06. The molecule has 0 unspecified atom stereocenters. The number of likely N-dealkylation sites (N-methyl/N-ethyl adjacent to an activating group) is 2. The molecule has 7 nitrogen and oxygen atoms in total. The van der Waals surface area contributed by atoms with Gasteiger partial charge in [0, 0.05) is 32.9 Å². The molecule has 0 radical (unpaired) electrons. The highest BCUT2D eigenvalue weighted by molar-refractivity contribution is 5.94. The summed E-state index contributed by atoms with van der Waals surface area (Å²) in [7, 11) is 5.94. The first-order valence-electron chi connectivity index (χ1n) is 10.1. The van der Waals surface area contributed by atoms with Crippen LogP contribution in [0.15, 0.2) is 41.1 Å². The molecule has 0 spiro atoms. The molecule has 0 N–H and O–H groups in total. The third-order valence-electron chi connectivity index (χ3n) is 5.06. The Kier molecular flexibility index (Phi) is 6.59. The smallest absolute Gasteiger partial charge is 0.255 e. The van der Waals surface area contributed by atoms with Gasteiger partial charge in [0.25, 0.3) is 5.91 Å². The minimum atomic E-state index is -0.0441. The predicted octanol–water partition coefficient (Wildman–Crippen LogP) is 3.15. The summed E-state index contributed by atoms with van der Waals surface area (Å²) in [6.45, 7) is 7.44. The van der Waals surface area contributed by atoms with E-state index in [2.05, 4.69) is 42.1 Å². The first-order valence-corrected chi connectivity index (χ1v) is 10.1. The molecule has 0 aliphatic heterocycles. The van der Waals surface area contributed by atoms with Crippen molar-refractivity contribution in [2.75, 3.05) is 45.7 Å². The van der Waals surface area contributed by atoms with Crippen molar-refractivity contribution in [3.8, 4) is 0 Å². The first kappa shape index (κ1) is 20.9. The van der Waals surface area contributed by atoms with Crippen LogP contribution in [0.2, 0.25) is 0 Å². The van der Waals surface area contributed by atoms with E-state index in [4.69, 9.17) is 9.40 Å². The van der Waals surface area contributed by atoms with E-state index in [-0.39, 0.29) is 5.91 Å². The van der Waals surface area contributed by atoms with Crippen LogP contribution in [-0.2, 0) is 13.0 Å². The molecular weight excluding hydrogens is 366 g/mol. The van der Waals surface area contributed by atoms with Crippen molar-refractivity contribution in [2.45, 2.75) is 26.8 Å². The summed E-state index contributed by atoms with van der Waals surface area (Å²) in [6.07, 6.45) is 4.38. The highest BCUT2D eigenvalue weighted by Crippen LogP contribution is 2.24. The lowest BCUT2D eigenvalue weighted by molar-refractivity contribution is 0.0775. The standard InChI is InChI=1S/C22H31N5O2/c1-6-19-21(26(7-2)13-12-24(3)4)27-15-17(10-11-20(27)23-19)22(28)25(5)16-18-9-8-14-29-18/h8-11,14-15H,6-7,12-13,16H2,1-5H3. The van der Waals surface area contributed by atoms with Crippen LogP contribution in [0.5, 0.6) is 0 Å². The number of fused-ring (bicyclic) bond motifs is 1. The maximum absolute atomic E-state index is 13.0. The average Bonchev–Trinajstić information content (AvgIpc) is 3.35. The molecule has 156 valence electrons. The SMILES string of the molecule is CCc1nc2ccc(C(=O)N(C)Cc3ccco3)cn2c1N(CC)CCN(C)C. The number of hydrogen-bond donors (Lipinski definition) is 0. The van der Waals surface area contributed by atoms with Gasteiger partial charge in [0.1, 0.15) is 17.2 Å². The zero-order chi connectivity index (χ0) is 21.0. The number of pyridine rings is 1. The van der Waals surface area contributed by atoms with E-state index in [0.29, 0.717) is 12.1 Å². The lowest BCUT2D eigenvalue weighted by Crippen LogP contribution is -2.33. The molecule has 3 rings (SSSR count). The quantitative estimate of drug-likeness (QED) is 0.555. The van der Waals surface area contributed by atoms with Crippen LogP contribution in [0, 0.1) is 0 Å². The van der Waals surface area contributed by atoms with Crippen molar-refractivity contribution < 1.29 is 9.21 Å². The highest BCUT2D eigenvalue weighted by atomic mass is 16.3. The van der Waals surface area contributed by atoms with Gasteiger partial charge >= 0.3 is 0 Å². The maximum atomic E-state index is 13.0. The molecule has 3 aromatic rings. The molecule has 0 fully saturated rings. The summed E-state index contributed by atoms with van der Waals surface area (Å²) in [5, 5.41) is 0. The first-order chi connectivity index (χ1) is 13.9. The summed E-state index contributed by atoms with van der Waals surface area (Å²) in [5.41, 5.74) is 2.56. The van der Waals surface area contributed by atoms with Gasteiger partial charge in [0.05, 0.1) is 24.1 Å². The van der Waals surface area contributed by atoms with Gasteiger partial charge in [-0.2, -0.15) is 0 Å². The number of imidazole rings is 1. The molecule has 1 amide bonds. The van der Waals surface area contributed by atoms with Crippen molar-refractivity contribution in [3.63, 3.8) is 0 Å². The van der Waals surface area contributed by atoms with Crippen molar-refractivity contribution in [1.82, 2.24) is 19.2 Å². The summed E-state index contributed by atoms with van der Waals surface area (Å²) in [4.78, 5) is 24.0. The van der Waals surface area contributed by atoms with E-state index in [1.165, 1.54) is 0 Å². The number of aromatic nitrogens is 2. The molecule has 7 heteroatoms. The molecule has 0 saturated carbocycles. The number of amides is 1. The van der Waals surface area contributed by atoms with Gasteiger partial charge in [-0.1, -0.05) is 6.92 Å². The van der Waals surface area contributed by atoms with Crippen LogP contribution in [-0.4, -0.2) is 65.9 Å². The van der Waals surface area contributed by atoms with E-state index in [9.17, 15) is 4.79 Å². The Balaban J connectivity index is 1.94. The number of carbonyl (C=O) groups excluding carboxylic acids is 1. The number of carbonyl (C=O) groups is 1. The number of furan rings is 1. The van der Waals surface area contributed by atoms with Gasteiger partial charge in [0.15, 0.2) is 0 Å². The van der Waals surface area contributed by atoms with Crippen LogP contribution < -0.4 is 4.90 Å². The predicted molar refractivity (Wildman–Crippen MR) is 116 cm³/mol. The van der Waals surface area contributed by atoms with Crippen molar-refractivity contribution in [1.29, 1.82) is 0 Å². The van der Waals surface area contributed by atoms with Crippen LogP contribution in [0.3, 0.4) is 0 Å². The molecule has 3 aromatic heterocycles. The maximum Gasteiger partial charge on any atom is 0.255 e. The summed E-state index contributed by atoms with van der Waals surface area (Å²) in [5.74, 6) is 1.80. The minimum absolute atomic E-state index is 0.0441. The number of aryl methyl sites for hydroxylation is 1. The zero-order valence-electron chi connectivity index (χ0n) is 18.1. The van der Waals surface area contributed by atoms with Crippen LogP contribution in [0.4, 0.5) is 5.82 Å². The second kappa shape index (κ2) is 9.13. The lowest BCUT2D eigenvalue weighted by Gasteiger charge is -2.25. The fourth-order valence-electron chi connectivity index (χ4n) is 3.44. The summed E-state index contributed by atoms with van der Waals surface area (Å²) in [6, 6.07) is 7.48. The van der Waals surface area contributed by atoms with Crippen LogP contribution in [0.1, 0.15) is 35.7 Å². The Morgan fingerprint density at radius 2 is 1.93 bits per heavy atom. The normalized spacial score (nSPS) is 11.4. The Bertz CT molecular complexity index is 946. The van der Waals surface area contributed by atoms with Crippen molar-refractivity contribution in [2.24, 2.45) is 0 Å². The Hall–Kier alpha value is -2.80. The molecule has 29 heavy (non-hydrogen) atoms. The molecule has 0 atom stereocenters. The molecule has 0 aromatic carbocycles. The van der Waals surface area contributed by atoms with Gasteiger partial charge in [-0.3, -0.25) is 9.20 Å². The van der Waals surface area contributed by atoms with Crippen LogP contribution >= 0.6 is 0 Å². The Morgan fingerprint density at radius 3 is 2.55 bits per heavy atom. The van der Waals surface area contributed by atoms with E-state index < -0.39 is 0 Å². The second-order valence-electron chi connectivity index (χ2n) is 7.51. The van der Waals surface area contributed by atoms with Gasteiger partial charge < -0.3 is 19.1 Å². The summed E-state index contributed by atoms with van der Waals surface area (Å²) >= 11 is 0. The van der Waals surface area contributed by atoms with E-state index in [0.717, 1.165) is 49.0 Å². The number of nitrogens with zero attached hydrogens (tertiary/aromatic N) is 5. The lowest BCUT2D eigenvalue weighted by atomic mass is 10.2. The molecule has 0 saturated heterocycles. The number of rotatable bonds is 9. The second-order valence-corrected chi connectivity index (χ2v) is 7.51. The number of anilines is 1. The van der Waals surface area contributed by atoms with Crippen LogP contribution in [0.25, 0.3) is 5.65 Å². The third kappa shape index (κ3) is 4.62. The molecule has 0 bridgehead atoms. The zero-order valence-corrected chi connectivity index (χ0v) is 18.1. The molecule has 0 aliphatic rings.